The fourth-order valence-electron chi connectivity index (χ4n) is 1.49. The van der Waals surface area contributed by atoms with Gasteiger partial charge in [-0.1, -0.05) is 0 Å². The number of nitrogens with one attached hydrogen (secondary N) is 1. The zero-order chi connectivity index (χ0) is 18.7. The van der Waals surface area contributed by atoms with Crippen molar-refractivity contribution in [3.63, 3.8) is 0 Å². The summed E-state index contributed by atoms with van der Waals surface area (Å²) in [6, 6.07) is 0. The van der Waals surface area contributed by atoms with Crippen LogP contribution in [0.1, 0.15) is 19.3 Å². The van der Waals surface area contributed by atoms with Gasteiger partial charge >= 0.3 is 18.3 Å². The first kappa shape index (κ1) is 21.9. The van der Waals surface area contributed by atoms with Crippen molar-refractivity contribution in [2.24, 2.45) is 0 Å². The van der Waals surface area contributed by atoms with Crippen LogP contribution in [0.2, 0.25) is 0 Å². The quantitative estimate of drug-likeness (QED) is 0.692. The van der Waals surface area contributed by atoms with Crippen LogP contribution in [-0.4, -0.2) is 50.7 Å². The molecule has 0 fully saturated rings. The molecule has 0 saturated heterocycles. The molecule has 0 spiro atoms. The largest absolute Gasteiger partial charge is 0.453 e. The Morgan fingerprint density at radius 1 is 1.00 bits per heavy atom. The number of halogens is 8. The molecule has 0 aromatic heterocycles. The van der Waals surface area contributed by atoms with Gasteiger partial charge in [-0.05, 0) is 6.42 Å². The molecule has 0 heterocycles. The van der Waals surface area contributed by atoms with Crippen LogP contribution in [0.4, 0.5) is 35.1 Å². The lowest BCUT2D eigenvalue weighted by Crippen LogP contribution is -2.43. The Bertz CT molecular complexity index is 511. The molecule has 0 aromatic carbocycles. The molecular formula is C10H13F8NO3S. The molecule has 4 nitrogen and oxygen atoms in total. The SMILES string of the molecule is CNC(=O)C(CCC(F)(F)C(F)(F)F)S(=O)(=O)CCC(F)(F)F. The lowest BCUT2D eigenvalue weighted by Gasteiger charge is -2.22. The van der Waals surface area contributed by atoms with Crippen LogP contribution < -0.4 is 5.32 Å². The first-order valence-corrected chi connectivity index (χ1v) is 7.69. The molecule has 13 heteroatoms. The highest BCUT2D eigenvalue weighted by Crippen LogP contribution is 2.39. The fourth-order valence-corrected chi connectivity index (χ4v) is 3.21. The Morgan fingerprint density at radius 3 is 1.83 bits per heavy atom. The predicted octanol–water partition coefficient (Wildman–Crippen LogP) is 2.45. The average Bonchev–Trinajstić information content (AvgIpc) is 2.33. The number of alkyl halides is 8. The summed E-state index contributed by atoms with van der Waals surface area (Å²) in [4.78, 5) is 11.4. The maximum Gasteiger partial charge on any atom is 0.453 e. The molecule has 0 aliphatic heterocycles. The van der Waals surface area contributed by atoms with Crippen LogP contribution in [0.5, 0.6) is 0 Å². The van der Waals surface area contributed by atoms with E-state index < -0.39 is 64.3 Å². The van der Waals surface area contributed by atoms with Gasteiger partial charge in [-0.15, -0.1) is 0 Å². The molecule has 0 saturated carbocycles. The first-order valence-electron chi connectivity index (χ1n) is 5.98. The Labute approximate surface area is 126 Å². The van der Waals surface area contributed by atoms with Crippen molar-refractivity contribution in [3.05, 3.63) is 0 Å². The minimum absolute atomic E-state index is 0.872. The maximum atomic E-state index is 12.8. The molecule has 0 aliphatic rings. The minimum Gasteiger partial charge on any atom is -0.358 e. The van der Waals surface area contributed by atoms with Gasteiger partial charge in [0.15, 0.2) is 9.84 Å². The Balaban J connectivity index is 5.21. The van der Waals surface area contributed by atoms with Crippen molar-refractivity contribution in [1.82, 2.24) is 5.32 Å². The van der Waals surface area contributed by atoms with E-state index in [1.807, 2.05) is 0 Å². The molecule has 1 atom stereocenters. The summed E-state index contributed by atoms with van der Waals surface area (Å²) < 4.78 is 121. The molecule has 138 valence electrons. The number of carbonyl (C=O) groups is 1. The third kappa shape index (κ3) is 6.87. The number of carbonyl (C=O) groups excluding carboxylic acids is 1. The summed E-state index contributed by atoms with van der Waals surface area (Å²) in [5.41, 5.74) is 0. The van der Waals surface area contributed by atoms with Gasteiger partial charge in [-0.3, -0.25) is 4.79 Å². The van der Waals surface area contributed by atoms with Gasteiger partial charge in [-0.25, -0.2) is 8.42 Å². The number of rotatable bonds is 7. The summed E-state index contributed by atoms with van der Waals surface area (Å²) in [5.74, 6) is -8.31. The van der Waals surface area contributed by atoms with E-state index in [0.717, 1.165) is 7.05 Å². The zero-order valence-electron chi connectivity index (χ0n) is 11.6. The molecular weight excluding hydrogens is 366 g/mol. The molecule has 0 bridgehead atoms. The third-order valence-electron chi connectivity index (χ3n) is 2.78. The van der Waals surface area contributed by atoms with E-state index in [-0.39, 0.29) is 0 Å². The molecule has 0 radical (unpaired) electrons. The second-order valence-corrected chi connectivity index (χ2v) is 6.88. The molecule has 0 aliphatic carbocycles. The molecule has 23 heavy (non-hydrogen) atoms. The summed E-state index contributed by atoms with van der Waals surface area (Å²) in [6.45, 7) is 0. The lowest BCUT2D eigenvalue weighted by atomic mass is 10.1. The number of sulfone groups is 1. The lowest BCUT2D eigenvalue weighted by molar-refractivity contribution is -0.284. The van der Waals surface area contributed by atoms with E-state index in [1.165, 1.54) is 0 Å². The van der Waals surface area contributed by atoms with E-state index >= 15 is 0 Å². The fraction of sp³-hybridized carbons (Fsp3) is 0.900. The highest BCUT2D eigenvalue weighted by atomic mass is 32.2. The van der Waals surface area contributed by atoms with E-state index in [9.17, 15) is 48.3 Å². The highest BCUT2D eigenvalue weighted by molar-refractivity contribution is 7.92. The molecule has 1 N–H and O–H groups in total. The van der Waals surface area contributed by atoms with E-state index in [2.05, 4.69) is 0 Å². The van der Waals surface area contributed by atoms with Crippen LogP contribution in [-0.2, 0) is 14.6 Å². The predicted molar refractivity (Wildman–Crippen MR) is 62.5 cm³/mol. The molecule has 1 unspecified atom stereocenters. The van der Waals surface area contributed by atoms with Gasteiger partial charge < -0.3 is 5.32 Å². The van der Waals surface area contributed by atoms with Gasteiger partial charge in [0.1, 0.15) is 5.25 Å². The molecule has 0 aromatic rings. The van der Waals surface area contributed by atoms with Crippen LogP contribution in [0.25, 0.3) is 0 Å². The molecule has 0 rings (SSSR count). The van der Waals surface area contributed by atoms with E-state index in [4.69, 9.17) is 0 Å². The minimum atomic E-state index is -5.96. The maximum absolute atomic E-state index is 12.8. The number of hydrogen-bond donors (Lipinski definition) is 1. The van der Waals surface area contributed by atoms with Crippen LogP contribution in [0.3, 0.4) is 0 Å². The van der Waals surface area contributed by atoms with Crippen LogP contribution in [0, 0.1) is 0 Å². The van der Waals surface area contributed by atoms with Crippen LogP contribution >= 0.6 is 0 Å². The van der Waals surface area contributed by atoms with Gasteiger partial charge in [0.05, 0.1) is 12.2 Å². The smallest absolute Gasteiger partial charge is 0.358 e. The Hall–Kier alpha value is -1.14. The van der Waals surface area contributed by atoms with Crippen molar-refractivity contribution in [3.8, 4) is 0 Å². The average molecular weight is 379 g/mol. The van der Waals surface area contributed by atoms with Crippen molar-refractivity contribution in [2.45, 2.75) is 42.8 Å². The van der Waals surface area contributed by atoms with Gasteiger partial charge in [0.2, 0.25) is 5.91 Å². The normalized spacial score (nSPS) is 15.3. The number of amides is 1. The topological polar surface area (TPSA) is 63.2 Å². The second kappa shape index (κ2) is 7.18. The highest BCUT2D eigenvalue weighted by Gasteiger charge is 2.57. The summed E-state index contributed by atoms with van der Waals surface area (Å²) >= 11 is 0. The summed E-state index contributed by atoms with van der Waals surface area (Å²) in [5, 5.41) is -0.710. The van der Waals surface area contributed by atoms with Gasteiger partial charge in [-0.2, -0.15) is 35.1 Å². The zero-order valence-corrected chi connectivity index (χ0v) is 12.4. The van der Waals surface area contributed by atoms with Gasteiger partial charge in [0.25, 0.3) is 0 Å². The summed E-state index contributed by atoms with van der Waals surface area (Å²) in [7, 11) is -4.00. The third-order valence-corrected chi connectivity index (χ3v) is 4.87. The number of hydrogen-bond acceptors (Lipinski definition) is 3. The Morgan fingerprint density at radius 2 is 1.48 bits per heavy atom. The first-order chi connectivity index (χ1) is 10.0. The summed E-state index contributed by atoms with van der Waals surface area (Å²) in [6.07, 6.45) is -16.2. The van der Waals surface area contributed by atoms with Crippen molar-refractivity contribution in [1.29, 1.82) is 0 Å². The standard InChI is InChI=1S/C10H13F8NO3S/c1-19-7(20)6(2-3-8(11,12)10(16,17)18)23(21,22)5-4-9(13,14)15/h6H,2-5H2,1H3,(H,19,20). The van der Waals surface area contributed by atoms with Crippen molar-refractivity contribution in [2.75, 3.05) is 12.8 Å². The van der Waals surface area contributed by atoms with Crippen LogP contribution in [0.15, 0.2) is 0 Å². The van der Waals surface area contributed by atoms with Crippen molar-refractivity contribution >= 4 is 15.7 Å². The Kier molecular flexibility index (Phi) is 6.82. The van der Waals surface area contributed by atoms with E-state index in [0.29, 0.717) is 0 Å². The van der Waals surface area contributed by atoms with Gasteiger partial charge in [0, 0.05) is 13.5 Å². The molecule has 1 amide bonds. The second-order valence-electron chi connectivity index (χ2n) is 4.58. The van der Waals surface area contributed by atoms with Crippen molar-refractivity contribution < 1.29 is 48.3 Å². The van der Waals surface area contributed by atoms with E-state index in [1.54, 1.807) is 5.32 Å². The monoisotopic (exact) mass is 379 g/mol.